The highest BCUT2D eigenvalue weighted by Crippen LogP contribution is 2.16. The molecule has 2 heterocycles. The van der Waals surface area contributed by atoms with Crippen molar-refractivity contribution in [3.8, 4) is 0 Å². The van der Waals surface area contributed by atoms with Crippen molar-refractivity contribution in [2.75, 3.05) is 13.1 Å². The van der Waals surface area contributed by atoms with Crippen LogP contribution in [0.5, 0.6) is 0 Å². The largest absolute Gasteiger partial charge is 0.316 e. The minimum Gasteiger partial charge on any atom is -0.316 e. The minimum absolute atomic E-state index is 0.421. The zero-order chi connectivity index (χ0) is 11.5. The van der Waals surface area contributed by atoms with Crippen LogP contribution in [0.1, 0.15) is 44.3 Å². The van der Waals surface area contributed by atoms with Gasteiger partial charge in [0.05, 0.1) is 0 Å². The van der Waals surface area contributed by atoms with Gasteiger partial charge < -0.3 is 5.32 Å². The molecule has 0 aliphatic carbocycles. The highest BCUT2D eigenvalue weighted by Gasteiger charge is 2.17. The van der Waals surface area contributed by atoms with Crippen LogP contribution in [0.15, 0.2) is 0 Å². The quantitative estimate of drug-likeness (QED) is 0.842. The van der Waals surface area contributed by atoms with Crippen molar-refractivity contribution in [1.82, 2.24) is 20.1 Å². The van der Waals surface area contributed by atoms with Crippen LogP contribution in [-0.2, 0) is 13.5 Å². The van der Waals surface area contributed by atoms with E-state index >= 15 is 0 Å². The molecule has 1 aromatic heterocycles. The molecular formula is C12H22N4. The first-order chi connectivity index (χ1) is 7.66. The summed E-state index contributed by atoms with van der Waals surface area (Å²) in [6.45, 7) is 6.58. The Bertz CT molecular complexity index is 337. The molecule has 1 aromatic rings. The zero-order valence-corrected chi connectivity index (χ0v) is 10.5. The van der Waals surface area contributed by atoms with Gasteiger partial charge in [-0.15, -0.1) is 0 Å². The number of aromatic nitrogens is 3. The van der Waals surface area contributed by atoms with Crippen molar-refractivity contribution >= 4 is 0 Å². The summed E-state index contributed by atoms with van der Waals surface area (Å²) in [5, 5.41) is 7.91. The van der Waals surface area contributed by atoms with Gasteiger partial charge >= 0.3 is 0 Å². The Morgan fingerprint density at radius 1 is 1.50 bits per heavy atom. The average Bonchev–Trinajstić information content (AvgIpc) is 2.62. The van der Waals surface area contributed by atoms with Crippen molar-refractivity contribution in [1.29, 1.82) is 0 Å². The summed E-state index contributed by atoms with van der Waals surface area (Å²) < 4.78 is 1.95. The lowest BCUT2D eigenvalue weighted by Crippen LogP contribution is -2.31. The van der Waals surface area contributed by atoms with E-state index in [1.165, 1.54) is 19.4 Å². The smallest absolute Gasteiger partial charge is 0.153 e. The molecule has 0 bridgehead atoms. The van der Waals surface area contributed by atoms with Crippen molar-refractivity contribution in [3.63, 3.8) is 0 Å². The molecule has 1 unspecified atom stereocenters. The van der Waals surface area contributed by atoms with Crippen LogP contribution in [0.25, 0.3) is 0 Å². The molecule has 16 heavy (non-hydrogen) atoms. The maximum absolute atomic E-state index is 4.63. The lowest BCUT2D eigenvalue weighted by atomic mass is 9.96. The predicted molar refractivity (Wildman–Crippen MR) is 64.4 cm³/mol. The second kappa shape index (κ2) is 4.95. The molecule has 0 saturated carbocycles. The second-order valence-corrected chi connectivity index (χ2v) is 5.08. The molecule has 0 spiro atoms. The Hall–Kier alpha value is -0.900. The van der Waals surface area contributed by atoms with E-state index in [1.54, 1.807) is 0 Å². The standard InChI is InChI=1S/C12H22N4/c1-9(2)12-14-11(16(3)15-12)7-10-5-4-6-13-8-10/h9-10,13H,4-8H2,1-3H3. The van der Waals surface area contributed by atoms with Gasteiger partial charge in [0.2, 0.25) is 0 Å². The molecule has 1 saturated heterocycles. The van der Waals surface area contributed by atoms with Gasteiger partial charge in [-0.1, -0.05) is 13.8 Å². The molecule has 2 rings (SSSR count). The number of nitrogens with one attached hydrogen (secondary N) is 1. The molecule has 1 aliphatic heterocycles. The number of nitrogens with zero attached hydrogens (tertiary/aromatic N) is 3. The summed E-state index contributed by atoms with van der Waals surface area (Å²) in [6, 6.07) is 0. The van der Waals surface area contributed by atoms with E-state index < -0.39 is 0 Å². The van der Waals surface area contributed by atoms with E-state index in [2.05, 4.69) is 29.2 Å². The van der Waals surface area contributed by atoms with E-state index in [1.807, 2.05) is 11.7 Å². The predicted octanol–water partition coefficient (Wildman–Crippen LogP) is 1.48. The normalized spacial score (nSPS) is 21.6. The Labute approximate surface area is 97.5 Å². The van der Waals surface area contributed by atoms with Gasteiger partial charge in [0.1, 0.15) is 5.82 Å². The van der Waals surface area contributed by atoms with Gasteiger partial charge in [0.15, 0.2) is 5.82 Å². The maximum Gasteiger partial charge on any atom is 0.153 e. The Balaban J connectivity index is 2.02. The molecule has 90 valence electrons. The molecular weight excluding hydrogens is 200 g/mol. The Kier molecular flexibility index (Phi) is 3.59. The minimum atomic E-state index is 0.421. The molecule has 4 heteroatoms. The number of hydrogen-bond donors (Lipinski definition) is 1. The second-order valence-electron chi connectivity index (χ2n) is 5.08. The van der Waals surface area contributed by atoms with Gasteiger partial charge in [-0.25, -0.2) is 4.98 Å². The highest BCUT2D eigenvalue weighted by atomic mass is 15.3. The van der Waals surface area contributed by atoms with Gasteiger partial charge in [-0.05, 0) is 31.8 Å². The SMILES string of the molecule is CC(C)c1nc(CC2CCCNC2)n(C)n1. The zero-order valence-electron chi connectivity index (χ0n) is 10.5. The summed E-state index contributed by atoms with van der Waals surface area (Å²) in [5.74, 6) is 3.26. The average molecular weight is 222 g/mol. The summed E-state index contributed by atoms with van der Waals surface area (Å²) in [6.07, 6.45) is 3.67. The molecule has 0 radical (unpaired) electrons. The van der Waals surface area contributed by atoms with Gasteiger partial charge in [-0.2, -0.15) is 5.10 Å². The molecule has 1 atom stereocenters. The summed E-state index contributed by atoms with van der Waals surface area (Å²) in [5.41, 5.74) is 0. The highest BCUT2D eigenvalue weighted by molar-refractivity contribution is 4.98. The van der Waals surface area contributed by atoms with E-state index in [4.69, 9.17) is 0 Å². The van der Waals surface area contributed by atoms with Crippen LogP contribution in [0.3, 0.4) is 0 Å². The maximum atomic E-state index is 4.63. The van der Waals surface area contributed by atoms with Crippen molar-refractivity contribution in [3.05, 3.63) is 11.6 Å². The third kappa shape index (κ3) is 2.61. The van der Waals surface area contributed by atoms with E-state index in [0.717, 1.165) is 30.5 Å². The molecule has 1 N–H and O–H groups in total. The number of rotatable bonds is 3. The van der Waals surface area contributed by atoms with Crippen LogP contribution < -0.4 is 5.32 Å². The van der Waals surface area contributed by atoms with Gasteiger partial charge in [0.25, 0.3) is 0 Å². The first-order valence-electron chi connectivity index (χ1n) is 6.27. The molecule has 0 amide bonds. The van der Waals surface area contributed by atoms with E-state index in [-0.39, 0.29) is 0 Å². The van der Waals surface area contributed by atoms with Crippen molar-refractivity contribution < 1.29 is 0 Å². The van der Waals surface area contributed by atoms with Gasteiger partial charge in [-0.3, -0.25) is 4.68 Å². The number of aryl methyl sites for hydroxylation is 1. The monoisotopic (exact) mass is 222 g/mol. The fraction of sp³-hybridized carbons (Fsp3) is 0.833. The summed E-state index contributed by atoms with van der Waals surface area (Å²) in [4.78, 5) is 4.63. The molecule has 4 nitrogen and oxygen atoms in total. The summed E-state index contributed by atoms with van der Waals surface area (Å²) in [7, 11) is 2.00. The van der Waals surface area contributed by atoms with E-state index in [0.29, 0.717) is 5.92 Å². The van der Waals surface area contributed by atoms with Gasteiger partial charge in [0, 0.05) is 19.4 Å². The Morgan fingerprint density at radius 2 is 2.31 bits per heavy atom. The molecule has 1 fully saturated rings. The van der Waals surface area contributed by atoms with Crippen molar-refractivity contribution in [2.45, 2.75) is 39.0 Å². The first kappa shape index (κ1) is 11.6. The molecule has 0 aromatic carbocycles. The Morgan fingerprint density at radius 3 is 2.88 bits per heavy atom. The fourth-order valence-corrected chi connectivity index (χ4v) is 2.22. The lowest BCUT2D eigenvalue weighted by molar-refractivity contribution is 0.366. The topological polar surface area (TPSA) is 42.7 Å². The van der Waals surface area contributed by atoms with E-state index in [9.17, 15) is 0 Å². The first-order valence-corrected chi connectivity index (χ1v) is 6.27. The van der Waals surface area contributed by atoms with Crippen LogP contribution in [-0.4, -0.2) is 27.9 Å². The molecule has 1 aliphatic rings. The number of piperidine rings is 1. The van der Waals surface area contributed by atoms with Crippen LogP contribution in [0.2, 0.25) is 0 Å². The van der Waals surface area contributed by atoms with Crippen LogP contribution in [0, 0.1) is 5.92 Å². The number of hydrogen-bond acceptors (Lipinski definition) is 3. The third-order valence-electron chi connectivity index (χ3n) is 3.26. The summed E-state index contributed by atoms with van der Waals surface area (Å²) >= 11 is 0. The van der Waals surface area contributed by atoms with Crippen LogP contribution >= 0.6 is 0 Å². The third-order valence-corrected chi connectivity index (χ3v) is 3.26. The fourth-order valence-electron chi connectivity index (χ4n) is 2.22. The van der Waals surface area contributed by atoms with Crippen LogP contribution in [0.4, 0.5) is 0 Å². The van der Waals surface area contributed by atoms with Crippen molar-refractivity contribution in [2.24, 2.45) is 13.0 Å². The lowest BCUT2D eigenvalue weighted by Gasteiger charge is -2.21.